The zero-order valence-corrected chi connectivity index (χ0v) is 20.8. The maximum atomic E-state index is 13.6. The van der Waals surface area contributed by atoms with Gasteiger partial charge in [-0.3, -0.25) is 9.36 Å². The molecule has 1 unspecified atom stereocenters. The number of methoxy groups -OCH3 is 3. The lowest BCUT2D eigenvalue weighted by Gasteiger charge is -2.21. The molecule has 9 nitrogen and oxygen atoms in total. The van der Waals surface area contributed by atoms with Crippen LogP contribution in [0.3, 0.4) is 0 Å². The molecule has 186 valence electrons. The van der Waals surface area contributed by atoms with Crippen LogP contribution in [0, 0.1) is 0 Å². The second kappa shape index (κ2) is 11.5. The van der Waals surface area contributed by atoms with Gasteiger partial charge in [-0.05, 0) is 39.0 Å². The second-order valence-electron chi connectivity index (χ2n) is 8.09. The summed E-state index contributed by atoms with van der Waals surface area (Å²) in [6, 6.07) is 14.3. The van der Waals surface area contributed by atoms with Crippen molar-refractivity contribution in [1.29, 1.82) is 0 Å². The number of nitrogens with zero attached hydrogens (tertiary/aromatic N) is 3. The highest BCUT2D eigenvalue weighted by atomic mass is 16.6. The van der Waals surface area contributed by atoms with Crippen molar-refractivity contribution in [2.45, 2.75) is 39.5 Å². The van der Waals surface area contributed by atoms with Crippen LogP contribution in [0.1, 0.15) is 38.0 Å². The van der Waals surface area contributed by atoms with E-state index in [1.54, 1.807) is 45.4 Å². The Morgan fingerprint density at radius 2 is 1.57 bits per heavy atom. The van der Waals surface area contributed by atoms with E-state index in [-0.39, 0.29) is 18.2 Å². The van der Waals surface area contributed by atoms with Crippen molar-refractivity contribution in [2.75, 3.05) is 21.3 Å². The third-order valence-electron chi connectivity index (χ3n) is 5.40. The van der Waals surface area contributed by atoms with E-state index in [9.17, 15) is 9.59 Å². The average molecular weight is 482 g/mol. The van der Waals surface area contributed by atoms with E-state index in [4.69, 9.17) is 19.0 Å². The van der Waals surface area contributed by atoms with Crippen molar-refractivity contribution in [1.82, 2.24) is 9.13 Å². The predicted molar refractivity (Wildman–Crippen MR) is 134 cm³/mol. The first-order valence-corrected chi connectivity index (χ1v) is 11.2. The van der Waals surface area contributed by atoms with Crippen LogP contribution in [-0.4, -0.2) is 42.3 Å². The fourth-order valence-corrected chi connectivity index (χ4v) is 3.65. The number of oxime groups is 1. The summed E-state index contributed by atoms with van der Waals surface area (Å²) < 4.78 is 19.1. The summed E-state index contributed by atoms with van der Waals surface area (Å²) in [6.07, 6.45) is 0.792. The number of hydrogen-bond donors (Lipinski definition) is 0. The first kappa shape index (κ1) is 25.8. The molecule has 35 heavy (non-hydrogen) atoms. The standard InChI is InChI=1S/C26H31N3O6/c1-17(2)35-27-18(3)20-15-28(16-24(34-6)19-11-7-9-13-22(19)32-4)26(31)29(25(20)30)21-12-8-10-14-23(21)33-5/h7-15,17,24H,16H2,1-6H3/b27-18+. The van der Waals surface area contributed by atoms with Gasteiger partial charge in [0, 0.05) is 18.9 Å². The molecule has 1 atom stereocenters. The fraction of sp³-hybridized carbons (Fsp3) is 0.346. The summed E-state index contributed by atoms with van der Waals surface area (Å²) in [5.41, 5.74) is 0.575. The lowest BCUT2D eigenvalue weighted by Crippen LogP contribution is -2.42. The lowest BCUT2D eigenvalue weighted by atomic mass is 10.1. The zero-order chi connectivity index (χ0) is 25.5. The van der Waals surface area contributed by atoms with E-state index in [2.05, 4.69) is 5.16 Å². The average Bonchev–Trinajstić information content (AvgIpc) is 2.87. The number of rotatable bonds is 10. The topological polar surface area (TPSA) is 93.3 Å². The number of ether oxygens (including phenoxy) is 3. The number of benzene rings is 2. The fourth-order valence-electron chi connectivity index (χ4n) is 3.65. The molecule has 0 saturated heterocycles. The SMILES string of the molecule is COc1ccccc1C(Cn1cc(/C(C)=N/OC(C)C)c(=O)n(-c2ccccc2OC)c1=O)OC. The minimum Gasteiger partial charge on any atom is -0.496 e. The summed E-state index contributed by atoms with van der Waals surface area (Å²) in [7, 11) is 4.62. The number of hydrogen-bond acceptors (Lipinski definition) is 7. The molecular formula is C26H31N3O6. The minimum absolute atomic E-state index is 0.121. The van der Waals surface area contributed by atoms with E-state index in [1.165, 1.54) is 17.9 Å². The van der Waals surface area contributed by atoms with Crippen molar-refractivity contribution in [3.8, 4) is 17.2 Å². The van der Waals surface area contributed by atoms with Gasteiger partial charge in [0.2, 0.25) is 0 Å². The molecule has 0 fully saturated rings. The van der Waals surface area contributed by atoms with E-state index < -0.39 is 17.4 Å². The van der Waals surface area contributed by atoms with Crippen molar-refractivity contribution < 1.29 is 19.0 Å². The maximum absolute atomic E-state index is 13.6. The summed E-state index contributed by atoms with van der Waals surface area (Å²) >= 11 is 0. The van der Waals surface area contributed by atoms with Crippen LogP contribution >= 0.6 is 0 Å². The monoisotopic (exact) mass is 481 g/mol. The van der Waals surface area contributed by atoms with Crippen molar-refractivity contribution in [2.24, 2.45) is 5.16 Å². The van der Waals surface area contributed by atoms with Crippen molar-refractivity contribution in [3.05, 3.63) is 86.7 Å². The molecule has 0 bridgehead atoms. The highest BCUT2D eigenvalue weighted by molar-refractivity contribution is 5.97. The molecule has 0 N–H and O–H groups in total. The largest absolute Gasteiger partial charge is 0.496 e. The van der Waals surface area contributed by atoms with Crippen LogP contribution in [0.2, 0.25) is 0 Å². The van der Waals surface area contributed by atoms with Gasteiger partial charge < -0.3 is 19.0 Å². The molecule has 0 saturated carbocycles. The van der Waals surface area contributed by atoms with E-state index in [0.29, 0.717) is 22.9 Å². The van der Waals surface area contributed by atoms with Crippen LogP contribution in [0.15, 0.2) is 69.5 Å². The molecule has 9 heteroatoms. The molecule has 0 radical (unpaired) electrons. The normalized spacial score (nSPS) is 12.5. The summed E-state index contributed by atoms with van der Waals surface area (Å²) in [5.74, 6) is 1.02. The molecule has 3 aromatic rings. The Kier molecular flexibility index (Phi) is 8.48. The highest BCUT2D eigenvalue weighted by Crippen LogP contribution is 2.28. The Bertz CT molecular complexity index is 1310. The van der Waals surface area contributed by atoms with Crippen LogP contribution < -0.4 is 20.7 Å². The molecular weight excluding hydrogens is 450 g/mol. The summed E-state index contributed by atoms with van der Waals surface area (Å²) in [4.78, 5) is 32.5. The molecule has 1 heterocycles. The molecule has 0 aliphatic carbocycles. The van der Waals surface area contributed by atoms with Crippen LogP contribution in [-0.2, 0) is 16.1 Å². The molecule has 0 spiro atoms. The van der Waals surface area contributed by atoms with Gasteiger partial charge in [-0.1, -0.05) is 35.5 Å². The van der Waals surface area contributed by atoms with Gasteiger partial charge in [0.1, 0.15) is 23.7 Å². The Morgan fingerprint density at radius 3 is 2.20 bits per heavy atom. The Morgan fingerprint density at radius 1 is 0.943 bits per heavy atom. The van der Waals surface area contributed by atoms with Crippen LogP contribution in [0.25, 0.3) is 5.69 Å². The first-order valence-electron chi connectivity index (χ1n) is 11.2. The molecule has 3 rings (SSSR count). The Balaban J connectivity index is 2.24. The van der Waals surface area contributed by atoms with Crippen molar-refractivity contribution in [3.63, 3.8) is 0 Å². The van der Waals surface area contributed by atoms with Crippen molar-refractivity contribution >= 4 is 5.71 Å². The number of aromatic nitrogens is 2. The van der Waals surface area contributed by atoms with Gasteiger partial charge in [0.25, 0.3) is 5.56 Å². The quantitative estimate of drug-likeness (QED) is 0.325. The van der Waals surface area contributed by atoms with Gasteiger partial charge in [-0.25, -0.2) is 9.36 Å². The maximum Gasteiger partial charge on any atom is 0.335 e. The molecule has 2 aromatic carbocycles. The Hall–Kier alpha value is -3.85. The second-order valence-corrected chi connectivity index (χ2v) is 8.09. The highest BCUT2D eigenvalue weighted by Gasteiger charge is 2.22. The third kappa shape index (κ3) is 5.63. The van der Waals surface area contributed by atoms with Gasteiger partial charge in [-0.15, -0.1) is 0 Å². The molecule has 0 aliphatic heterocycles. The molecule has 0 aliphatic rings. The van der Waals surface area contributed by atoms with Gasteiger partial charge in [-0.2, -0.15) is 0 Å². The summed E-state index contributed by atoms with van der Waals surface area (Å²) in [5, 5.41) is 4.09. The Labute approximate surface area is 204 Å². The molecule has 0 amide bonds. The predicted octanol–water partition coefficient (Wildman–Crippen LogP) is 3.55. The van der Waals surface area contributed by atoms with Crippen LogP contribution in [0.4, 0.5) is 0 Å². The lowest BCUT2D eigenvalue weighted by molar-refractivity contribution is 0.0838. The zero-order valence-electron chi connectivity index (χ0n) is 20.8. The van der Waals surface area contributed by atoms with Crippen LogP contribution in [0.5, 0.6) is 11.5 Å². The van der Waals surface area contributed by atoms with Gasteiger partial charge in [0.05, 0.1) is 37.7 Å². The van der Waals surface area contributed by atoms with E-state index >= 15 is 0 Å². The summed E-state index contributed by atoms with van der Waals surface area (Å²) in [6.45, 7) is 5.45. The van der Waals surface area contributed by atoms with Gasteiger partial charge >= 0.3 is 5.69 Å². The van der Waals surface area contributed by atoms with Gasteiger partial charge in [0.15, 0.2) is 0 Å². The van der Waals surface area contributed by atoms with E-state index in [1.807, 2.05) is 38.1 Å². The minimum atomic E-state index is -0.544. The number of para-hydroxylation sites is 3. The smallest absolute Gasteiger partial charge is 0.335 e. The van der Waals surface area contributed by atoms with E-state index in [0.717, 1.165) is 10.1 Å². The third-order valence-corrected chi connectivity index (χ3v) is 5.40. The first-order chi connectivity index (χ1) is 16.8. The molecule has 1 aromatic heterocycles.